The zero-order valence-corrected chi connectivity index (χ0v) is 33.9. The maximum atomic E-state index is 7.27. The minimum atomic E-state index is 0.597. The minimum Gasteiger partial charge on any atom is -0.452 e. The van der Waals surface area contributed by atoms with Crippen LogP contribution in [0.1, 0.15) is 0 Å². The third-order valence-corrected chi connectivity index (χ3v) is 12.4. The Balaban J connectivity index is 1.09. The molecule has 0 aliphatic heterocycles. The van der Waals surface area contributed by atoms with Crippen LogP contribution in [-0.2, 0) is 0 Å². The standard InChI is InChI=1S/C57H35N5O/c1-4-17-36(18-5-1)38-21-14-22-39(35-38)56-58-55(37-19-6-2-7-20-37)59-57(60-56)46-28-16-31-49-51(46)45-34-33-44-43-27-15-32-50(53(43)63-54(44)52(45)61(49)40-23-8-3-9-24-40)62-47-29-12-10-25-41(47)42-26-11-13-30-48(42)62/h1-35H. The average molecular weight is 806 g/mol. The second kappa shape index (κ2) is 14.0. The predicted octanol–water partition coefficient (Wildman–Crippen LogP) is 14.6. The van der Waals surface area contributed by atoms with Gasteiger partial charge >= 0.3 is 0 Å². The third-order valence-electron chi connectivity index (χ3n) is 12.4. The van der Waals surface area contributed by atoms with E-state index in [0.29, 0.717) is 17.5 Å². The zero-order chi connectivity index (χ0) is 41.4. The van der Waals surface area contributed by atoms with Crippen LogP contribution in [0, 0.1) is 0 Å². The number of hydrogen-bond acceptors (Lipinski definition) is 4. The summed E-state index contributed by atoms with van der Waals surface area (Å²) in [7, 11) is 0. The number of nitrogens with zero attached hydrogens (tertiary/aromatic N) is 5. The average Bonchev–Trinajstić information content (AvgIpc) is 4.03. The Kier molecular flexibility index (Phi) is 7.80. The second-order valence-corrected chi connectivity index (χ2v) is 16.0. The van der Waals surface area contributed by atoms with Crippen molar-refractivity contribution in [1.82, 2.24) is 24.1 Å². The zero-order valence-electron chi connectivity index (χ0n) is 33.9. The molecule has 0 N–H and O–H groups in total. The van der Waals surface area contributed by atoms with Crippen molar-refractivity contribution in [2.75, 3.05) is 0 Å². The van der Waals surface area contributed by atoms with Gasteiger partial charge in [-0.05, 0) is 59.7 Å². The molecule has 0 saturated carbocycles. The molecule has 13 rings (SSSR count). The van der Waals surface area contributed by atoms with Gasteiger partial charge in [-0.15, -0.1) is 0 Å². The molecule has 0 radical (unpaired) electrons. The molecule has 0 spiro atoms. The van der Waals surface area contributed by atoms with Crippen molar-refractivity contribution in [1.29, 1.82) is 0 Å². The summed E-state index contributed by atoms with van der Waals surface area (Å²) in [5.74, 6) is 1.82. The van der Waals surface area contributed by atoms with Crippen molar-refractivity contribution < 1.29 is 4.42 Å². The van der Waals surface area contributed by atoms with E-state index in [-0.39, 0.29) is 0 Å². The number of aromatic nitrogens is 5. The molecule has 63 heavy (non-hydrogen) atoms. The summed E-state index contributed by atoms with van der Waals surface area (Å²) in [6, 6.07) is 74.2. The van der Waals surface area contributed by atoms with Gasteiger partial charge in [-0.1, -0.05) is 164 Å². The molecule has 0 aliphatic rings. The molecule has 0 aliphatic carbocycles. The highest BCUT2D eigenvalue weighted by atomic mass is 16.3. The Morgan fingerprint density at radius 3 is 1.60 bits per heavy atom. The molecule has 0 unspecified atom stereocenters. The monoisotopic (exact) mass is 805 g/mol. The molecule has 4 aromatic heterocycles. The molecular weight excluding hydrogens is 771 g/mol. The molecule has 9 aromatic carbocycles. The highest BCUT2D eigenvalue weighted by molar-refractivity contribution is 6.24. The van der Waals surface area contributed by atoms with Gasteiger partial charge in [0.05, 0.1) is 27.8 Å². The summed E-state index contributed by atoms with van der Waals surface area (Å²) < 4.78 is 12.0. The number of hydrogen-bond donors (Lipinski definition) is 0. The lowest BCUT2D eigenvalue weighted by molar-refractivity contribution is 0.668. The Morgan fingerprint density at radius 1 is 0.333 bits per heavy atom. The topological polar surface area (TPSA) is 61.7 Å². The van der Waals surface area contributed by atoms with Crippen molar-refractivity contribution in [2.24, 2.45) is 0 Å². The Morgan fingerprint density at radius 2 is 0.857 bits per heavy atom. The van der Waals surface area contributed by atoms with E-state index in [1.807, 2.05) is 24.3 Å². The minimum absolute atomic E-state index is 0.597. The Labute approximate surface area is 361 Å². The highest BCUT2D eigenvalue weighted by Gasteiger charge is 2.25. The molecule has 0 saturated heterocycles. The molecular formula is C57H35N5O. The van der Waals surface area contributed by atoms with E-state index in [4.69, 9.17) is 19.4 Å². The molecule has 4 heterocycles. The van der Waals surface area contributed by atoms with Crippen LogP contribution >= 0.6 is 0 Å². The maximum absolute atomic E-state index is 7.27. The van der Waals surface area contributed by atoms with Crippen LogP contribution < -0.4 is 0 Å². The number of rotatable bonds is 6. The molecule has 13 aromatic rings. The normalized spacial score (nSPS) is 11.8. The lowest BCUT2D eigenvalue weighted by atomic mass is 10.0. The van der Waals surface area contributed by atoms with Crippen molar-refractivity contribution in [3.63, 3.8) is 0 Å². The van der Waals surface area contributed by atoms with Crippen LogP contribution in [0.25, 0.3) is 122 Å². The van der Waals surface area contributed by atoms with Crippen LogP contribution in [0.4, 0.5) is 0 Å². The smallest absolute Gasteiger partial charge is 0.164 e. The van der Waals surface area contributed by atoms with E-state index in [9.17, 15) is 0 Å². The number of benzene rings is 9. The van der Waals surface area contributed by atoms with Crippen LogP contribution in [0.2, 0.25) is 0 Å². The fraction of sp³-hybridized carbons (Fsp3) is 0. The fourth-order valence-electron chi connectivity index (χ4n) is 9.59. The number of para-hydroxylation sites is 4. The largest absolute Gasteiger partial charge is 0.452 e. The molecule has 0 fully saturated rings. The summed E-state index contributed by atoms with van der Waals surface area (Å²) in [6.45, 7) is 0. The van der Waals surface area contributed by atoms with Crippen molar-refractivity contribution in [3.8, 4) is 56.7 Å². The first kappa shape index (κ1) is 35.2. The number of fused-ring (bicyclic) bond motifs is 10. The first-order valence-electron chi connectivity index (χ1n) is 21.2. The predicted molar refractivity (Wildman–Crippen MR) is 258 cm³/mol. The van der Waals surface area contributed by atoms with Gasteiger partial charge in [-0.25, -0.2) is 15.0 Å². The summed E-state index contributed by atoms with van der Waals surface area (Å²) >= 11 is 0. The summed E-state index contributed by atoms with van der Waals surface area (Å²) in [5, 5.41) is 6.61. The fourth-order valence-corrected chi connectivity index (χ4v) is 9.59. The highest BCUT2D eigenvalue weighted by Crippen LogP contribution is 2.45. The van der Waals surface area contributed by atoms with Crippen molar-refractivity contribution in [2.45, 2.75) is 0 Å². The van der Waals surface area contributed by atoms with Crippen LogP contribution in [-0.4, -0.2) is 24.1 Å². The van der Waals surface area contributed by atoms with E-state index in [2.05, 4.69) is 197 Å². The van der Waals surface area contributed by atoms with Gasteiger partial charge in [-0.3, -0.25) is 0 Å². The van der Waals surface area contributed by atoms with Crippen molar-refractivity contribution >= 4 is 65.6 Å². The lowest BCUT2D eigenvalue weighted by Crippen LogP contribution is -2.00. The lowest BCUT2D eigenvalue weighted by Gasteiger charge is -2.11. The Hall–Kier alpha value is -8.61. The van der Waals surface area contributed by atoms with E-state index < -0.39 is 0 Å². The van der Waals surface area contributed by atoms with Gasteiger partial charge in [0.15, 0.2) is 28.6 Å². The van der Waals surface area contributed by atoms with Gasteiger partial charge in [0, 0.05) is 54.7 Å². The van der Waals surface area contributed by atoms with Gasteiger partial charge in [0.1, 0.15) is 0 Å². The SMILES string of the molecule is c1ccc(-c2cccc(-c3nc(-c4ccccc4)nc(-c4cccc5c4c4ccc6c7cccc(-n8c9ccccc9c9ccccc98)c7oc6c4n5-c4ccccc4)n3)c2)cc1. The van der Waals surface area contributed by atoms with Gasteiger partial charge in [0.25, 0.3) is 0 Å². The maximum Gasteiger partial charge on any atom is 0.164 e. The number of furan rings is 1. The summed E-state index contributed by atoms with van der Waals surface area (Å²) in [6.07, 6.45) is 0. The quantitative estimate of drug-likeness (QED) is 0.168. The third kappa shape index (κ3) is 5.48. The Bertz CT molecular complexity index is 3850. The van der Waals surface area contributed by atoms with Gasteiger partial charge in [-0.2, -0.15) is 0 Å². The summed E-state index contributed by atoms with van der Waals surface area (Å²) in [5.41, 5.74) is 13.0. The summed E-state index contributed by atoms with van der Waals surface area (Å²) in [4.78, 5) is 15.7. The van der Waals surface area contributed by atoms with Crippen LogP contribution in [0.5, 0.6) is 0 Å². The molecule has 0 atom stereocenters. The van der Waals surface area contributed by atoms with Crippen LogP contribution in [0.3, 0.4) is 0 Å². The van der Waals surface area contributed by atoms with Gasteiger partial charge in [0.2, 0.25) is 0 Å². The molecule has 294 valence electrons. The first-order chi connectivity index (χ1) is 31.3. The first-order valence-corrected chi connectivity index (χ1v) is 21.2. The molecule has 0 amide bonds. The van der Waals surface area contributed by atoms with Gasteiger partial charge < -0.3 is 13.6 Å². The van der Waals surface area contributed by atoms with Crippen LogP contribution in [0.15, 0.2) is 217 Å². The molecule has 6 heteroatoms. The van der Waals surface area contributed by atoms with Crippen molar-refractivity contribution in [3.05, 3.63) is 212 Å². The van der Waals surface area contributed by atoms with E-state index >= 15 is 0 Å². The molecule has 6 nitrogen and oxygen atoms in total. The second-order valence-electron chi connectivity index (χ2n) is 16.0. The van der Waals surface area contributed by atoms with E-state index in [1.165, 1.54) is 10.8 Å². The van der Waals surface area contributed by atoms with E-state index in [1.54, 1.807) is 0 Å². The van der Waals surface area contributed by atoms with E-state index in [0.717, 1.165) is 94.0 Å². The molecule has 0 bridgehead atoms.